The first-order chi connectivity index (χ1) is 25.9. The van der Waals surface area contributed by atoms with Gasteiger partial charge in [-0.15, -0.1) is 22.7 Å². The maximum Gasteiger partial charge on any atom is 0.132 e. The normalized spacial score (nSPS) is 12.9. The lowest BCUT2D eigenvalue weighted by Crippen LogP contribution is -2.03. The van der Waals surface area contributed by atoms with Gasteiger partial charge in [-0.2, -0.15) is 8.75 Å². The number of rotatable bonds is 16. The van der Waals surface area contributed by atoms with Crippen LogP contribution in [0.25, 0.3) is 63.6 Å². The fraction of sp³-hybridized carbons (Fsp3) is 0.348. The quantitative estimate of drug-likeness (QED) is 0.0980. The van der Waals surface area contributed by atoms with Gasteiger partial charge in [0.1, 0.15) is 22.7 Å². The van der Waals surface area contributed by atoms with Crippen LogP contribution in [-0.2, 0) is 12.8 Å². The zero-order chi connectivity index (χ0) is 36.9. The van der Waals surface area contributed by atoms with E-state index in [4.69, 9.17) is 8.75 Å². The Kier molecular flexibility index (Phi) is 12.1. The van der Waals surface area contributed by atoms with Crippen molar-refractivity contribution in [1.82, 2.24) is 8.75 Å². The van der Waals surface area contributed by atoms with Gasteiger partial charge in [0.05, 0.1) is 11.7 Å². The van der Waals surface area contributed by atoms with E-state index in [1.165, 1.54) is 50.3 Å². The van der Waals surface area contributed by atoms with Crippen molar-refractivity contribution in [3.05, 3.63) is 108 Å². The lowest BCUT2D eigenvalue weighted by Gasteiger charge is -2.15. The van der Waals surface area contributed by atoms with Crippen molar-refractivity contribution in [3.63, 3.8) is 0 Å². The predicted molar refractivity (Wildman–Crippen MR) is 226 cm³/mol. The molecule has 4 aromatic carbocycles. The minimum absolute atomic E-state index is 0.168. The van der Waals surface area contributed by atoms with Gasteiger partial charge < -0.3 is 0 Å². The molecule has 0 aliphatic heterocycles. The molecule has 0 aliphatic carbocycles. The third-order valence-electron chi connectivity index (χ3n) is 10.9. The van der Waals surface area contributed by atoms with Crippen LogP contribution in [0.2, 0.25) is 0 Å². The van der Waals surface area contributed by atoms with Gasteiger partial charge in [0.15, 0.2) is 0 Å². The Morgan fingerprint density at radius 1 is 0.547 bits per heavy atom. The van der Waals surface area contributed by atoms with Gasteiger partial charge in [-0.25, -0.2) is 8.78 Å². The van der Waals surface area contributed by atoms with E-state index in [9.17, 15) is 0 Å². The molecule has 0 fully saturated rings. The zero-order valence-electron chi connectivity index (χ0n) is 31.2. The summed E-state index contributed by atoms with van der Waals surface area (Å²) in [5, 5.41) is 2.15. The maximum atomic E-state index is 15.7. The number of hydrogen-bond acceptors (Lipinski definition) is 5. The topological polar surface area (TPSA) is 25.8 Å². The average Bonchev–Trinajstić information content (AvgIpc) is 3.96. The largest absolute Gasteiger partial charge is 0.206 e. The molecule has 53 heavy (non-hydrogen) atoms. The van der Waals surface area contributed by atoms with Crippen LogP contribution < -0.4 is 0 Å². The molecule has 7 rings (SSSR count). The number of hydrogen-bond donors (Lipinski definition) is 0. The molecule has 3 aromatic heterocycles. The molecule has 0 N–H and O–H groups in total. The summed E-state index contributed by atoms with van der Waals surface area (Å²) in [6.45, 7) is 8.92. The summed E-state index contributed by atoms with van der Waals surface area (Å²) in [5.41, 5.74) is 7.12. The van der Waals surface area contributed by atoms with Crippen LogP contribution in [0.4, 0.5) is 8.78 Å². The van der Waals surface area contributed by atoms with Crippen molar-refractivity contribution >= 4 is 56.2 Å². The summed E-state index contributed by atoms with van der Waals surface area (Å²) in [6, 6.07) is 28.2. The Balaban J connectivity index is 1.21. The Hall–Kier alpha value is -3.78. The van der Waals surface area contributed by atoms with Crippen LogP contribution in [0.3, 0.4) is 0 Å². The molecule has 274 valence electrons. The smallest absolute Gasteiger partial charge is 0.132 e. The van der Waals surface area contributed by atoms with Crippen molar-refractivity contribution in [1.29, 1.82) is 0 Å². The summed E-state index contributed by atoms with van der Waals surface area (Å²) in [5.74, 6) is 0.842. The van der Waals surface area contributed by atoms with Crippen LogP contribution >= 0.6 is 34.4 Å². The van der Waals surface area contributed by atoms with Crippen LogP contribution in [0, 0.1) is 23.5 Å². The Morgan fingerprint density at radius 3 is 1.38 bits per heavy atom. The third kappa shape index (κ3) is 8.04. The van der Waals surface area contributed by atoms with Crippen molar-refractivity contribution < 1.29 is 8.78 Å². The number of aromatic nitrogens is 2. The maximum absolute atomic E-state index is 15.7. The molecule has 0 bridgehead atoms. The summed E-state index contributed by atoms with van der Waals surface area (Å²) < 4.78 is 41.1. The second-order valence-corrected chi connectivity index (χ2v) is 17.2. The van der Waals surface area contributed by atoms with Gasteiger partial charge in [0, 0.05) is 41.8 Å². The third-order valence-corrected chi connectivity index (χ3v) is 13.7. The van der Waals surface area contributed by atoms with Gasteiger partial charge >= 0.3 is 0 Å². The summed E-state index contributed by atoms with van der Waals surface area (Å²) in [7, 11) is 0. The second kappa shape index (κ2) is 17.1. The molecule has 0 amide bonds. The first kappa shape index (κ1) is 37.5. The second-order valence-electron chi connectivity index (χ2n) is 14.5. The van der Waals surface area contributed by atoms with Crippen LogP contribution in [-0.4, -0.2) is 8.75 Å². The highest BCUT2D eigenvalue weighted by atomic mass is 32.1. The number of thiophene rings is 2. The molecular formula is C46H48F2N2S3. The average molecular weight is 763 g/mol. The SMILES string of the molecule is CCCCC(CC)Cc1ccc(-c2ccc(-c3c4ccccc4c(-c4ccc(-c5ccc(CC(CC)CCCC)cc5F)s4)c4nsnc34)s2)c(F)c1. The van der Waals surface area contributed by atoms with Crippen LogP contribution in [0.15, 0.2) is 84.9 Å². The fourth-order valence-corrected chi connectivity index (χ4v) is 10.5. The molecule has 0 saturated heterocycles. The molecular weight excluding hydrogens is 715 g/mol. The lowest BCUT2D eigenvalue weighted by atomic mass is 9.91. The Morgan fingerprint density at radius 2 is 0.981 bits per heavy atom. The van der Waals surface area contributed by atoms with Gasteiger partial charge in [0.25, 0.3) is 0 Å². The number of halogens is 2. The van der Waals surface area contributed by atoms with E-state index in [1.807, 2.05) is 24.3 Å². The Labute approximate surface area is 325 Å². The monoisotopic (exact) mass is 762 g/mol. The highest BCUT2D eigenvalue weighted by molar-refractivity contribution is 7.19. The minimum Gasteiger partial charge on any atom is -0.206 e. The van der Waals surface area contributed by atoms with E-state index >= 15 is 8.78 Å². The molecule has 3 heterocycles. The lowest BCUT2D eigenvalue weighted by molar-refractivity contribution is 0.448. The van der Waals surface area contributed by atoms with E-state index < -0.39 is 0 Å². The van der Waals surface area contributed by atoms with Crippen molar-refractivity contribution in [2.45, 2.75) is 91.9 Å². The molecule has 0 aliphatic rings. The van der Waals surface area contributed by atoms with E-state index in [-0.39, 0.29) is 11.6 Å². The molecule has 0 saturated carbocycles. The molecule has 2 atom stereocenters. The highest BCUT2D eigenvalue weighted by Gasteiger charge is 2.23. The minimum atomic E-state index is -0.168. The van der Waals surface area contributed by atoms with Crippen molar-refractivity contribution in [2.24, 2.45) is 11.8 Å². The van der Waals surface area contributed by atoms with Crippen LogP contribution in [0.1, 0.15) is 90.2 Å². The zero-order valence-corrected chi connectivity index (χ0v) is 33.6. The first-order valence-electron chi connectivity index (χ1n) is 19.4. The van der Waals surface area contributed by atoms with E-state index in [2.05, 4.69) is 76.2 Å². The van der Waals surface area contributed by atoms with Crippen LogP contribution in [0.5, 0.6) is 0 Å². The number of unbranched alkanes of at least 4 members (excludes halogenated alkanes) is 2. The van der Waals surface area contributed by atoms with Crippen molar-refractivity contribution in [3.8, 4) is 41.8 Å². The van der Waals surface area contributed by atoms with E-state index in [0.717, 1.165) is 89.3 Å². The van der Waals surface area contributed by atoms with Gasteiger partial charge in [-0.05, 0) is 83.0 Å². The van der Waals surface area contributed by atoms with Gasteiger partial charge in [0.2, 0.25) is 0 Å². The number of fused-ring (bicyclic) bond motifs is 2. The fourth-order valence-electron chi connectivity index (χ4n) is 7.75. The van der Waals surface area contributed by atoms with Gasteiger partial charge in [-0.3, -0.25) is 0 Å². The summed E-state index contributed by atoms with van der Waals surface area (Å²) >= 11 is 4.40. The van der Waals surface area contributed by atoms with Crippen molar-refractivity contribution in [2.75, 3.05) is 0 Å². The van der Waals surface area contributed by atoms with E-state index in [0.29, 0.717) is 23.0 Å². The number of benzene rings is 4. The van der Waals surface area contributed by atoms with Gasteiger partial charge in [-0.1, -0.05) is 128 Å². The summed E-state index contributed by atoms with van der Waals surface area (Å²) in [4.78, 5) is 3.86. The molecule has 2 nitrogen and oxygen atoms in total. The standard InChI is InChI=1S/C46H48F2N2S3/c1-5-9-13-29(7-3)25-31-17-19-35(37(47)27-31)39-21-23-41(51-39)43-33-15-11-12-16-34(33)44(46-45(43)49-53-50-46)42-24-22-40(52-42)36-20-18-32(28-38(36)48)26-30(8-4)14-10-6-2/h11-12,15-24,27-30H,5-10,13-14,25-26H2,1-4H3. The highest BCUT2D eigenvalue weighted by Crippen LogP contribution is 2.48. The first-order valence-corrected chi connectivity index (χ1v) is 21.7. The molecule has 7 aromatic rings. The molecule has 7 heteroatoms. The molecule has 2 unspecified atom stereocenters. The molecule has 0 spiro atoms. The van der Waals surface area contributed by atoms with E-state index in [1.54, 1.807) is 34.8 Å². The number of nitrogens with zero attached hydrogens (tertiary/aromatic N) is 2. The summed E-state index contributed by atoms with van der Waals surface area (Å²) in [6.07, 6.45) is 11.3. The predicted octanol–water partition coefficient (Wildman–Crippen LogP) is 15.4. The molecule has 0 radical (unpaired) electrons. The Bertz CT molecular complexity index is 2160.